The first-order chi connectivity index (χ1) is 6.90. The molecule has 14 heavy (non-hydrogen) atoms. The Morgan fingerprint density at radius 1 is 1.14 bits per heavy atom. The molecule has 0 amide bonds. The summed E-state index contributed by atoms with van der Waals surface area (Å²) in [4.78, 5) is 0. The van der Waals surface area contributed by atoms with E-state index < -0.39 is 0 Å². The van der Waals surface area contributed by atoms with Crippen molar-refractivity contribution in [1.29, 1.82) is 0 Å². The van der Waals surface area contributed by atoms with Crippen molar-refractivity contribution < 1.29 is 4.74 Å². The lowest BCUT2D eigenvalue weighted by molar-refractivity contribution is 0.0371. The van der Waals surface area contributed by atoms with Gasteiger partial charge < -0.3 is 15.8 Å². The fourth-order valence-electron chi connectivity index (χ4n) is 2.83. The molecule has 82 valence electrons. The Balaban J connectivity index is 1.83. The van der Waals surface area contributed by atoms with Gasteiger partial charge in [0, 0.05) is 25.8 Å². The van der Waals surface area contributed by atoms with Crippen LogP contribution < -0.4 is 11.1 Å². The predicted octanol–water partition coefficient (Wildman–Crippen LogP) is 0.740. The Bertz CT molecular complexity index is 169. The second kappa shape index (κ2) is 5.10. The maximum absolute atomic E-state index is 5.71. The minimum atomic E-state index is 0.566. The van der Waals surface area contributed by atoms with Crippen molar-refractivity contribution in [2.24, 2.45) is 17.6 Å². The molecule has 3 nitrogen and oxygen atoms in total. The van der Waals surface area contributed by atoms with Gasteiger partial charge in [-0.2, -0.15) is 0 Å². The van der Waals surface area contributed by atoms with Crippen LogP contribution in [0, 0.1) is 11.8 Å². The quantitative estimate of drug-likeness (QED) is 0.688. The topological polar surface area (TPSA) is 47.3 Å². The molecule has 0 aromatic heterocycles. The molecule has 3 N–H and O–H groups in total. The first-order valence-corrected chi connectivity index (χ1v) is 5.91. The van der Waals surface area contributed by atoms with Gasteiger partial charge >= 0.3 is 0 Å². The van der Waals surface area contributed by atoms with Crippen LogP contribution in [0.2, 0.25) is 0 Å². The Labute approximate surface area is 86.4 Å². The van der Waals surface area contributed by atoms with E-state index in [-0.39, 0.29) is 0 Å². The van der Waals surface area contributed by atoms with Gasteiger partial charge in [-0.1, -0.05) is 0 Å². The van der Waals surface area contributed by atoms with Crippen LogP contribution in [0.5, 0.6) is 0 Å². The van der Waals surface area contributed by atoms with Crippen LogP contribution in [0.3, 0.4) is 0 Å². The lowest BCUT2D eigenvalue weighted by atomic mass is 9.78. The molecule has 3 heteroatoms. The van der Waals surface area contributed by atoms with E-state index in [0.29, 0.717) is 6.04 Å². The van der Waals surface area contributed by atoms with Gasteiger partial charge in [-0.3, -0.25) is 0 Å². The summed E-state index contributed by atoms with van der Waals surface area (Å²) >= 11 is 0. The van der Waals surface area contributed by atoms with Crippen LogP contribution in [-0.4, -0.2) is 32.3 Å². The fraction of sp³-hybridized carbons (Fsp3) is 1.00. The average Bonchev–Trinajstić information content (AvgIpc) is 2.30. The van der Waals surface area contributed by atoms with Gasteiger partial charge in [0.05, 0.1) is 0 Å². The zero-order valence-corrected chi connectivity index (χ0v) is 8.87. The first-order valence-electron chi connectivity index (χ1n) is 5.91. The summed E-state index contributed by atoms with van der Waals surface area (Å²) in [7, 11) is 0. The number of nitrogens with one attached hydrogen (secondary N) is 1. The smallest absolute Gasteiger partial charge is 0.0468 e. The lowest BCUT2D eigenvalue weighted by Crippen LogP contribution is -2.45. The summed E-state index contributed by atoms with van der Waals surface area (Å²) < 4.78 is 5.40. The molecule has 2 rings (SSSR count). The normalized spacial score (nSPS) is 35.8. The van der Waals surface area contributed by atoms with Gasteiger partial charge in [0.15, 0.2) is 0 Å². The summed E-state index contributed by atoms with van der Waals surface area (Å²) in [5, 5.41) is 3.48. The molecular formula is C11H22N2O. The number of hydrogen-bond acceptors (Lipinski definition) is 3. The van der Waals surface area contributed by atoms with Gasteiger partial charge in [0.1, 0.15) is 0 Å². The summed E-state index contributed by atoms with van der Waals surface area (Å²) in [6.45, 7) is 3.90. The maximum Gasteiger partial charge on any atom is 0.0468 e. The molecule has 2 heterocycles. The predicted molar refractivity (Wildman–Crippen MR) is 57.1 cm³/mol. The first kappa shape index (κ1) is 10.4. The van der Waals surface area contributed by atoms with Crippen molar-refractivity contribution >= 4 is 0 Å². The molecule has 0 aliphatic carbocycles. The molecule has 0 aromatic rings. The third-order valence-electron chi connectivity index (χ3n) is 3.75. The standard InChI is InChI=1S/C11H22N2O/c12-8-11-7-10(1-4-13-11)9-2-5-14-6-3-9/h9-11,13H,1-8,12H2. The molecule has 0 saturated carbocycles. The summed E-state index contributed by atoms with van der Waals surface area (Å²) in [5.41, 5.74) is 5.71. The summed E-state index contributed by atoms with van der Waals surface area (Å²) in [6.07, 6.45) is 5.15. The summed E-state index contributed by atoms with van der Waals surface area (Å²) in [5.74, 6) is 1.80. The molecule has 2 aliphatic rings. The second-order valence-electron chi connectivity index (χ2n) is 4.62. The van der Waals surface area contributed by atoms with Crippen LogP contribution in [0.25, 0.3) is 0 Å². The van der Waals surface area contributed by atoms with E-state index in [1.807, 2.05) is 0 Å². The van der Waals surface area contributed by atoms with Crippen molar-refractivity contribution in [1.82, 2.24) is 5.32 Å². The zero-order chi connectivity index (χ0) is 9.80. The lowest BCUT2D eigenvalue weighted by Gasteiger charge is -2.36. The van der Waals surface area contributed by atoms with E-state index in [4.69, 9.17) is 10.5 Å². The van der Waals surface area contributed by atoms with E-state index in [2.05, 4.69) is 5.32 Å². The fourth-order valence-corrected chi connectivity index (χ4v) is 2.83. The Morgan fingerprint density at radius 3 is 2.64 bits per heavy atom. The highest BCUT2D eigenvalue weighted by atomic mass is 16.5. The highest BCUT2D eigenvalue weighted by Gasteiger charge is 2.28. The van der Waals surface area contributed by atoms with Crippen molar-refractivity contribution in [3.63, 3.8) is 0 Å². The van der Waals surface area contributed by atoms with Gasteiger partial charge in [-0.15, -0.1) is 0 Å². The molecule has 0 aromatic carbocycles. The maximum atomic E-state index is 5.71. The van der Waals surface area contributed by atoms with E-state index in [1.165, 1.54) is 25.7 Å². The minimum Gasteiger partial charge on any atom is -0.381 e. The average molecular weight is 198 g/mol. The SMILES string of the molecule is NCC1CC(C2CCOCC2)CCN1. The number of hydrogen-bond donors (Lipinski definition) is 2. The highest BCUT2D eigenvalue weighted by Crippen LogP contribution is 2.31. The number of nitrogens with two attached hydrogens (primary N) is 1. The molecule has 2 unspecified atom stereocenters. The molecule has 0 bridgehead atoms. The van der Waals surface area contributed by atoms with Gasteiger partial charge in [0.25, 0.3) is 0 Å². The Kier molecular flexibility index (Phi) is 3.79. The number of ether oxygens (including phenoxy) is 1. The molecular weight excluding hydrogens is 176 g/mol. The van der Waals surface area contributed by atoms with Crippen LogP contribution in [0.4, 0.5) is 0 Å². The van der Waals surface area contributed by atoms with Gasteiger partial charge in [0.2, 0.25) is 0 Å². The van der Waals surface area contributed by atoms with Crippen molar-refractivity contribution in [2.45, 2.75) is 31.7 Å². The van der Waals surface area contributed by atoms with Crippen molar-refractivity contribution in [2.75, 3.05) is 26.3 Å². The molecule has 0 radical (unpaired) electrons. The largest absolute Gasteiger partial charge is 0.381 e. The van der Waals surface area contributed by atoms with E-state index in [1.54, 1.807) is 0 Å². The van der Waals surface area contributed by atoms with Crippen molar-refractivity contribution in [3.05, 3.63) is 0 Å². The summed E-state index contributed by atoms with van der Waals surface area (Å²) in [6, 6.07) is 0.566. The highest BCUT2D eigenvalue weighted by molar-refractivity contribution is 4.83. The number of rotatable bonds is 2. The van der Waals surface area contributed by atoms with Gasteiger partial charge in [-0.05, 0) is 44.1 Å². The van der Waals surface area contributed by atoms with Crippen LogP contribution >= 0.6 is 0 Å². The Morgan fingerprint density at radius 2 is 1.93 bits per heavy atom. The monoisotopic (exact) mass is 198 g/mol. The molecule has 0 spiro atoms. The van der Waals surface area contributed by atoms with E-state index >= 15 is 0 Å². The van der Waals surface area contributed by atoms with Crippen molar-refractivity contribution in [3.8, 4) is 0 Å². The Hall–Kier alpha value is -0.120. The van der Waals surface area contributed by atoms with Crippen LogP contribution in [0.1, 0.15) is 25.7 Å². The molecule has 2 atom stereocenters. The van der Waals surface area contributed by atoms with Gasteiger partial charge in [-0.25, -0.2) is 0 Å². The minimum absolute atomic E-state index is 0.566. The molecule has 2 fully saturated rings. The van der Waals surface area contributed by atoms with E-state index in [0.717, 1.165) is 38.1 Å². The van der Waals surface area contributed by atoms with Crippen LogP contribution in [-0.2, 0) is 4.74 Å². The second-order valence-corrected chi connectivity index (χ2v) is 4.62. The third-order valence-corrected chi connectivity index (χ3v) is 3.75. The van der Waals surface area contributed by atoms with Crippen LogP contribution in [0.15, 0.2) is 0 Å². The molecule has 2 aliphatic heterocycles. The molecule has 2 saturated heterocycles. The third kappa shape index (κ3) is 2.47. The number of piperidine rings is 1. The van der Waals surface area contributed by atoms with E-state index in [9.17, 15) is 0 Å². The zero-order valence-electron chi connectivity index (χ0n) is 8.87.